The van der Waals surface area contributed by atoms with Gasteiger partial charge in [-0.1, -0.05) is 0 Å². The Morgan fingerprint density at radius 3 is 2.64 bits per heavy atom. The van der Waals surface area contributed by atoms with Crippen LogP contribution >= 0.6 is 0 Å². The fourth-order valence-corrected chi connectivity index (χ4v) is 3.78. The number of rotatable bonds is 5. The lowest BCUT2D eigenvalue weighted by Gasteiger charge is -2.28. The Kier molecular flexibility index (Phi) is 5.33. The second-order valence-corrected chi connectivity index (χ2v) is 7.61. The summed E-state index contributed by atoms with van der Waals surface area (Å²) in [5.41, 5.74) is 2.62. The zero-order chi connectivity index (χ0) is 22.9. The molecule has 0 N–H and O–H groups in total. The Bertz CT molecular complexity index is 1340. The normalized spacial score (nSPS) is 13.5. The number of fused-ring (bicyclic) bond motifs is 1. The Labute approximate surface area is 188 Å². The van der Waals surface area contributed by atoms with E-state index in [4.69, 9.17) is 4.74 Å². The molecule has 0 saturated heterocycles. The fraction of sp³-hybridized carbons (Fsp3) is 0.217. The zero-order valence-electron chi connectivity index (χ0n) is 18.1. The van der Waals surface area contributed by atoms with Gasteiger partial charge in [0.15, 0.2) is 5.82 Å². The van der Waals surface area contributed by atoms with Gasteiger partial charge in [0.25, 0.3) is 0 Å². The molecule has 3 aromatic heterocycles. The van der Waals surface area contributed by atoms with Crippen LogP contribution in [0.1, 0.15) is 23.6 Å². The second-order valence-electron chi connectivity index (χ2n) is 7.61. The number of halogens is 2. The number of aromatic nitrogens is 6. The number of pyridine rings is 1. The predicted molar refractivity (Wildman–Crippen MR) is 120 cm³/mol. The van der Waals surface area contributed by atoms with Crippen molar-refractivity contribution in [3.63, 3.8) is 0 Å². The third kappa shape index (κ3) is 4.07. The van der Waals surface area contributed by atoms with E-state index in [9.17, 15) is 8.78 Å². The van der Waals surface area contributed by atoms with E-state index in [2.05, 4.69) is 20.1 Å². The quantitative estimate of drug-likeness (QED) is 0.455. The van der Waals surface area contributed by atoms with Crippen LogP contribution in [0.2, 0.25) is 0 Å². The SMILES string of the molecule is COc1nc(/C=C/c2nc3n(n2)CCCN3c2ccc(F)cc2F)ccc1-n1cnc(C)c1. The molecule has 1 aromatic carbocycles. The van der Waals surface area contributed by atoms with Gasteiger partial charge < -0.3 is 14.2 Å². The summed E-state index contributed by atoms with van der Waals surface area (Å²) in [5, 5.41) is 4.51. The van der Waals surface area contributed by atoms with E-state index in [1.54, 1.807) is 35.2 Å². The van der Waals surface area contributed by atoms with E-state index in [1.165, 1.54) is 12.1 Å². The molecular weight excluding hydrogens is 428 g/mol. The van der Waals surface area contributed by atoms with Gasteiger partial charge in [0.05, 0.1) is 30.5 Å². The van der Waals surface area contributed by atoms with Crippen LogP contribution in [0.25, 0.3) is 17.8 Å². The van der Waals surface area contributed by atoms with Gasteiger partial charge >= 0.3 is 0 Å². The molecule has 0 saturated carbocycles. The van der Waals surface area contributed by atoms with Crippen LogP contribution in [0.4, 0.5) is 20.4 Å². The summed E-state index contributed by atoms with van der Waals surface area (Å²) >= 11 is 0. The third-order valence-electron chi connectivity index (χ3n) is 5.31. The summed E-state index contributed by atoms with van der Waals surface area (Å²) < 4.78 is 36.7. The van der Waals surface area contributed by atoms with Crippen molar-refractivity contribution in [2.75, 3.05) is 18.6 Å². The number of nitrogens with zero attached hydrogens (tertiary/aromatic N) is 7. The minimum atomic E-state index is -0.631. The van der Waals surface area contributed by atoms with Crippen LogP contribution in [0.5, 0.6) is 5.88 Å². The number of anilines is 2. The number of aryl methyl sites for hydroxylation is 2. The summed E-state index contributed by atoms with van der Waals surface area (Å²) in [4.78, 5) is 15.0. The topological polar surface area (TPSA) is 73.9 Å². The maximum atomic E-state index is 14.4. The molecule has 0 aliphatic carbocycles. The van der Waals surface area contributed by atoms with Crippen molar-refractivity contribution in [1.29, 1.82) is 0 Å². The first-order chi connectivity index (χ1) is 16.0. The van der Waals surface area contributed by atoms with Gasteiger partial charge in [0.2, 0.25) is 11.8 Å². The van der Waals surface area contributed by atoms with Gasteiger partial charge in [-0.25, -0.2) is 23.4 Å². The first-order valence-electron chi connectivity index (χ1n) is 10.4. The lowest BCUT2D eigenvalue weighted by atomic mass is 10.2. The first kappa shape index (κ1) is 20.8. The third-order valence-corrected chi connectivity index (χ3v) is 5.31. The summed E-state index contributed by atoms with van der Waals surface area (Å²) in [6, 6.07) is 7.29. The number of hydrogen-bond acceptors (Lipinski definition) is 6. The molecular formula is C23H21F2N7O. The lowest BCUT2D eigenvalue weighted by Crippen LogP contribution is -2.29. The van der Waals surface area contributed by atoms with Crippen LogP contribution in [-0.4, -0.2) is 43.0 Å². The predicted octanol–water partition coefficient (Wildman–Crippen LogP) is 4.17. The minimum Gasteiger partial charge on any atom is -0.479 e. The largest absolute Gasteiger partial charge is 0.479 e. The number of ether oxygens (including phenoxy) is 1. The monoisotopic (exact) mass is 449 g/mol. The highest BCUT2D eigenvalue weighted by atomic mass is 19.1. The van der Waals surface area contributed by atoms with E-state index in [-0.39, 0.29) is 5.69 Å². The summed E-state index contributed by atoms with van der Waals surface area (Å²) in [6.45, 7) is 3.15. The highest BCUT2D eigenvalue weighted by molar-refractivity contribution is 5.67. The Balaban J connectivity index is 1.42. The minimum absolute atomic E-state index is 0.275. The Hall–Kier alpha value is -4.08. The number of hydrogen-bond donors (Lipinski definition) is 0. The zero-order valence-corrected chi connectivity index (χ0v) is 18.1. The highest BCUT2D eigenvalue weighted by Crippen LogP contribution is 2.30. The van der Waals surface area contributed by atoms with Crippen molar-refractivity contribution in [2.45, 2.75) is 19.9 Å². The number of benzene rings is 1. The van der Waals surface area contributed by atoms with Crippen molar-refractivity contribution in [3.05, 3.63) is 71.7 Å². The number of methoxy groups -OCH3 is 1. The van der Waals surface area contributed by atoms with Gasteiger partial charge in [0.1, 0.15) is 17.3 Å². The maximum Gasteiger partial charge on any atom is 0.238 e. The summed E-state index contributed by atoms with van der Waals surface area (Å²) in [6.07, 6.45) is 7.90. The molecule has 1 aliphatic heterocycles. The van der Waals surface area contributed by atoms with Crippen LogP contribution < -0.4 is 9.64 Å². The molecule has 0 unspecified atom stereocenters. The van der Waals surface area contributed by atoms with E-state index < -0.39 is 11.6 Å². The smallest absolute Gasteiger partial charge is 0.238 e. The van der Waals surface area contributed by atoms with Gasteiger partial charge in [0, 0.05) is 25.4 Å². The van der Waals surface area contributed by atoms with Crippen molar-refractivity contribution in [3.8, 4) is 11.6 Å². The maximum absolute atomic E-state index is 14.4. The molecule has 0 fully saturated rings. The standard InChI is InChI=1S/C23H21F2N7O/c1-15-13-30(14-26-15)20-8-5-17(27-22(20)33-2)6-9-21-28-23-31(10-3-11-32(23)29-21)19-7-4-16(24)12-18(19)25/h4-9,12-14H,3,10-11H2,1-2H3/b9-6+. The van der Waals surface area contributed by atoms with Crippen LogP contribution in [0.3, 0.4) is 0 Å². The van der Waals surface area contributed by atoms with Crippen molar-refractivity contribution >= 4 is 23.8 Å². The van der Waals surface area contributed by atoms with Gasteiger partial charge in [-0.15, -0.1) is 5.10 Å². The number of imidazole rings is 1. The van der Waals surface area contributed by atoms with E-state index in [1.807, 2.05) is 29.8 Å². The van der Waals surface area contributed by atoms with E-state index >= 15 is 0 Å². The molecule has 4 heterocycles. The van der Waals surface area contributed by atoms with Crippen molar-refractivity contribution in [1.82, 2.24) is 29.3 Å². The van der Waals surface area contributed by atoms with Crippen molar-refractivity contribution in [2.24, 2.45) is 0 Å². The molecule has 33 heavy (non-hydrogen) atoms. The fourth-order valence-electron chi connectivity index (χ4n) is 3.78. The van der Waals surface area contributed by atoms with Crippen LogP contribution in [-0.2, 0) is 6.54 Å². The van der Waals surface area contributed by atoms with E-state index in [0.29, 0.717) is 36.4 Å². The molecule has 0 spiro atoms. The first-order valence-corrected chi connectivity index (χ1v) is 10.4. The lowest BCUT2D eigenvalue weighted by molar-refractivity contribution is 0.395. The Morgan fingerprint density at radius 2 is 1.88 bits per heavy atom. The molecule has 1 aliphatic rings. The Morgan fingerprint density at radius 1 is 1.03 bits per heavy atom. The molecule has 10 heteroatoms. The van der Waals surface area contributed by atoms with Gasteiger partial charge in [-0.05, 0) is 49.8 Å². The summed E-state index contributed by atoms with van der Waals surface area (Å²) in [7, 11) is 1.57. The molecule has 0 amide bonds. The van der Waals surface area contributed by atoms with Crippen molar-refractivity contribution < 1.29 is 13.5 Å². The average Bonchev–Trinajstić information content (AvgIpc) is 3.43. The van der Waals surface area contributed by atoms with Gasteiger partial charge in [-0.2, -0.15) is 4.98 Å². The molecule has 168 valence electrons. The molecule has 0 atom stereocenters. The molecule has 4 aromatic rings. The van der Waals surface area contributed by atoms with E-state index in [0.717, 1.165) is 23.9 Å². The molecule has 0 radical (unpaired) electrons. The van der Waals surface area contributed by atoms with Crippen LogP contribution in [0.15, 0.2) is 42.9 Å². The average molecular weight is 449 g/mol. The summed E-state index contributed by atoms with van der Waals surface area (Å²) in [5.74, 6) is 0.199. The van der Waals surface area contributed by atoms with Crippen LogP contribution in [0, 0.1) is 18.6 Å². The highest BCUT2D eigenvalue weighted by Gasteiger charge is 2.24. The molecule has 0 bridgehead atoms. The van der Waals surface area contributed by atoms with Gasteiger partial charge in [-0.3, -0.25) is 0 Å². The second kappa shape index (κ2) is 8.45. The molecule has 5 rings (SSSR count). The molecule has 8 nitrogen and oxygen atoms in total.